The number of carbonyl (C=O) groups excluding carboxylic acids is 1. The van der Waals surface area contributed by atoms with Crippen molar-refractivity contribution in [2.75, 3.05) is 23.3 Å². The van der Waals surface area contributed by atoms with E-state index < -0.39 is 0 Å². The molecule has 0 spiro atoms. The molecule has 1 aliphatic heterocycles. The van der Waals surface area contributed by atoms with Crippen LogP contribution in [0.5, 0.6) is 0 Å². The third kappa shape index (κ3) is 5.01. The van der Waals surface area contributed by atoms with E-state index in [1.54, 1.807) is 0 Å². The molecule has 2 aromatic carbocycles. The zero-order valence-corrected chi connectivity index (χ0v) is 17.4. The van der Waals surface area contributed by atoms with Gasteiger partial charge in [-0.3, -0.25) is 4.79 Å². The van der Waals surface area contributed by atoms with E-state index in [4.69, 9.17) is 0 Å². The first-order valence-corrected chi connectivity index (χ1v) is 11.0. The van der Waals surface area contributed by atoms with E-state index in [1.807, 2.05) is 12.1 Å². The van der Waals surface area contributed by atoms with Gasteiger partial charge >= 0.3 is 0 Å². The Morgan fingerprint density at radius 2 is 1.72 bits per heavy atom. The minimum Gasteiger partial charge on any atom is -0.371 e. The molecule has 2 heterocycles. The predicted molar refractivity (Wildman–Crippen MR) is 118 cm³/mol. The Balaban J connectivity index is 1.28. The zero-order chi connectivity index (χ0) is 20.1. The van der Waals surface area contributed by atoms with E-state index in [0.29, 0.717) is 11.0 Å². The van der Waals surface area contributed by atoms with Gasteiger partial charge in [-0.05, 0) is 36.5 Å². The Morgan fingerprint density at radius 3 is 2.41 bits per heavy atom. The number of nitrogens with one attached hydrogen (secondary N) is 1. The first-order chi connectivity index (χ1) is 14.2. The van der Waals surface area contributed by atoms with E-state index in [2.05, 4.69) is 75.9 Å². The number of para-hydroxylation sites is 1. The Labute approximate surface area is 175 Å². The molecule has 6 heteroatoms. The summed E-state index contributed by atoms with van der Waals surface area (Å²) in [5.41, 5.74) is 2.52. The average Bonchev–Trinajstić information content (AvgIpc) is 3.21. The molecule has 29 heavy (non-hydrogen) atoms. The third-order valence-corrected chi connectivity index (χ3v) is 6.39. The number of aromatic nitrogens is 2. The molecule has 1 unspecified atom stereocenters. The van der Waals surface area contributed by atoms with Gasteiger partial charge in [0.05, 0.1) is 0 Å². The molecule has 1 aromatic heterocycles. The highest BCUT2D eigenvalue weighted by molar-refractivity contribution is 7.15. The summed E-state index contributed by atoms with van der Waals surface area (Å²) in [7, 11) is 0. The SMILES string of the molecule is CC(Cc1nnc(NC(=O)C2CCN(c3ccccc3)CC2)s1)c1ccccc1. The quantitative estimate of drug-likeness (QED) is 0.642. The lowest BCUT2D eigenvalue weighted by atomic mass is 9.95. The second-order valence-electron chi connectivity index (χ2n) is 7.60. The van der Waals surface area contributed by atoms with Crippen molar-refractivity contribution in [3.05, 3.63) is 71.2 Å². The minimum absolute atomic E-state index is 0.0329. The van der Waals surface area contributed by atoms with Crippen molar-refractivity contribution >= 4 is 28.1 Å². The number of piperidine rings is 1. The van der Waals surface area contributed by atoms with E-state index in [-0.39, 0.29) is 11.8 Å². The van der Waals surface area contributed by atoms with Crippen LogP contribution in [0.25, 0.3) is 0 Å². The number of nitrogens with zero attached hydrogens (tertiary/aromatic N) is 3. The van der Waals surface area contributed by atoms with E-state index in [9.17, 15) is 4.79 Å². The second-order valence-corrected chi connectivity index (χ2v) is 8.67. The molecule has 1 N–H and O–H groups in total. The third-order valence-electron chi connectivity index (χ3n) is 5.53. The van der Waals surface area contributed by atoms with Gasteiger partial charge in [-0.15, -0.1) is 10.2 Å². The van der Waals surface area contributed by atoms with Crippen LogP contribution in [0.4, 0.5) is 10.8 Å². The van der Waals surface area contributed by atoms with E-state index in [1.165, 1.54) is 22.6 Å². The highest BCUT2D eigenvalue weighted by Crippen LogP contribution is 2.26. The summed E-state index contributed by atoms with van der Waals surface area (Å²) in [4.78, 5) is 15.0. The molecule has 4 rings (SSSR count). The molecule has 0 bridgehead atoms. The van der Waals surface area contributed by atoms with Gasteiger partial charge in [-0.2, -0.15) is 0 Å². The van der Waals surface area contributed by atoms with Crippen LogP contribution in [0, 0.1) is 5.92 Å². The van der Waals surface area contributed by atoms with Gasteiger partial charge in [-0.1, -0.05) is 66.8 Å². The van der Waals surface area contributed by atoms with Crippen LogP contribution in [-0.2, 0) is 11.2 Å². The first kappa shape index (κ1) is 19.6. The number of carbonyl (C=O) groups is 1. The molecule has 1 fully saturated rings. The first-order valence-electron chi connectivity index (χ1n) is 10.2. The van der Waals surface area contributed by atoms with Crippen molar-refractivity contribution < 1.29 is 4.79 Å². The predicted octanol–water partition coefficient (Wildman–Crippen LogP) is 4.74. The summed E-state index contributed by atoms with van der Waals surface area (Å²) in [5, 5.41) is 13.0. The number of hydrogen-bond acceptors (Lipinski definition) is 5. The topological polar surface area (TPSA) is 58.1 Å². The van der Waals surface area contributed by atoms with Crippen molar-refractivity contribution in [2.24, 2.45) is 5.92 Å². The Bertz CT molecular complexity index is 920. The van der Waals surface area contributed by atoms with Gasteiger partial charge in [-0.25, -0.2) is 0 Å². The molecule has 0 saturated carbocycles. The van der Waals surface area contributed by atoms with Crippen molar-refractivity contribution in [3.8, 4) is 0 Å². The van der Waals surface area contributed by atoms with Crippen LogP contribution >= 0.6 is 11.3 Å². The summed E-state index contributed by atoms with van der Waals surface area (Å²) in [6.45, 7) is 3.99. The van der Waals surface area contributed by atoms with Crippen LogP contribution < -0.4 is 10.2 Å². The number of hydrogen-bond donors (Lipinski definition) is 1. The monoisotopic (exact) mass is 406 g/mol. The number of rotatable bonds is 6. The minimum atomic E-state index is 0.0329. The molecule has 1 aliphatic rings. The van der Waals surface area contributed by atoms with Crippen LogP contribution in [0.3, 0.4) is 0 Å². The Morgan fingerprint density at radius 1 is 1.07 bits per heavy atom. The molecule has 150 valence electrons. The standard InChI is InChI=1S/C23H26N4OS/c1-17(18-8-4-2-5-9-18)16-21-25-26-23(29-21)24-22(28)19-12-14-27(15-13-19)20-10-6-3-7-11-20/h2-11,17,19H,12-16H2,1H3,(H,24,26,28). The number of anilines is 2. The van der Waals surface area contributed by atoms with Crippen LogP contribution in [0.1, 0.15) is 36.3 Å². The van der Waals surface area contributed by atoms with Crippen molar-refractivity contribution in [1.82, 2.24) is 10.2 Å². The maximum atomic E-state index is 12.7. The lowest BCUT2D eigenvalue weighted by Crippen LogP contribution is -2.38. The number of benzene rings is 2. The van der Waals surface area contributed by atoms with Crippen LogP contribution in [0.2, 0.25) is 0 Å². The van der Waals surface area contributed by atoms with Crippen LogP contribution in [-0.4, -0.2) is 29.2 Å². The van der Waals surface area contributed by atoms with Crippen molar-refractivity contribution in [1.29, 1.82) is 0 Å². The van der Waals surface area contributed by atoms with E-state index >= 15 is 0 Å². The molecule has 1 saturated heterocycles. The van der Waals surface area contributed by atoms with Gasteiger partial charge in [0.25, 0.3) is 0 Å². The summed E-state index contributed by atoms with van der Waals surface area (Å²) < 4.78 is 0. The maximum absolute atomic E-state index is 12.7. The zero-order valence-electron chi connectivity index (χ0n) is 16.6. The largest absolute Gasteiger partial charge is 0.371 e. The smallest absolute Gasteiger partial charge is 0.229 e. The number of amides is 1. The van der Waals surface area contributed by atoms with Gasteiger partial charge in [0, 0.05) is 31.1 Å². The summed E-state index contributed by atoms with van der Waals surface area (Å²) in [6.07, 6.45) is 2.54. The summed E-state index contributed by atoms with van der Waals surface area (Å²) in [5.74, 6) is 0.470. The fourth-order valence-corrected chi connectivity index (χ4v) is 4.67. The molecular weight excluding hydrogens is 380 g/mol. The van der Waals surface area contributed by atoms with Gasteiger partial charge in [0.1, 0.15) is 5.01 Å². The van der Waals surface area contributed by atoms with E-state index in [0.717, 1.165) is 37.4 Å². The molecule has 1 atom stereocenters. The molecule has 0 radical (unpaired) electrons. The molecule has 0 aliphatic carbocycles. The molecule has 3 aromatic rings. The molecule has 5 nitrogen and oxygen atoms in total. The normalized spacial score (nSPS) is 15.8. The molecular formula is C23H26N4OS. The van der Waals surface area contributed by atoms with Crippen LogP contribution in [0.15, 0.2) is 60.7 Å². The lowest BCUT2D eigenvalue weighted by molar-refractivity contribution is -0.120. The lowest BCUT2D eigenvalue weighted by Gasteiger charge is -2.32. The van der Waals surface area contributed by atoms with Crippen molar-refractivity contribution in [2.45, 2.75) is 32.1 Å². The summed E-state index contributed by atoms with van der Waals surface area (Å²) >= 11 is 1.48. The second kappa shape index (κ2) is 9.18. The maximum Gasteiger partial charge on any atom is 0.229 e. The Kier molecular flexibility index (Phi) is 6.20. The fourth-order valence-electron chi connectivity index (χ4n) is 3.79. The van der Waals surface area contributed by atoms with Gasteiger partial charge in [0.2, 0.25) is 11.0 Å². The van der Waals surface area contributed by atoms with Gasteiger partial charge in [0.15, 0.2) is 0 Å². The van der Waals surface area contributed by atoms with Gasteiger partial charge < -0.3 is 10.2 Å². The molecule has 1 amide bonds. The average molecular weight is 407 g/mol. The fraction of sp³-hybridized carbons (Fsp3) is 0.348. The highest BCUT2D eigenvalue weighted by Gasteiger charge is 2.26. The summed E-state index contributed by atoms with van der Waals surface area (Å²) in [6, 6.07) is 20.8. The highest BCUT2D eigenvalue weighted by atomic mass is 32.1. The van der Waals surface area contributed by atoms with Crippen molar-refractivity contribution in [3.63, 3.8) is 0 Å². The Hall–Kier alpha value is -2.73.